The minimum atomic E-state index is 0.316. The zero-order valence-corrected chi connectivity index (χ0v) is 10.2. The maximum atomic E-state index is 8.74. The van der Waals surface area contributed by atoms with Gasteiger partial charge in [0, 0.05) is 25.2 Å². The highest BCUT2D eigenvalue weighted by Crippen LogP contribution is 2.15. The summed E-state index contributed by atoms with van der Waals surface area (Å²) in [6, 6.07) is 1.28. The summed E-state index contributed by atoms with van der Waals surface area (Å²) in [6.45, 7) is 8.33. The van der Waals surface area contributed by atoms with Crippen molar-refractivity contribution in [2.45, 2.75) is 51.6 Å². The molecule has 15 heavy (non-hydrogen) atoms. The number of nitrogens with zero attached hydrogens (tertiary/aromatic N) is 1. The zero-order valence-electron chi connectivity index (χ0n) is 10.2. The zero-order chi connectivity index (χ0) is 11.1. The molecule has 1 heterocycles. The molecule has 0 aromatic rings. The van der Waals surface area contributed by atoms with E-state index in [-0.39, 0.29) is 0 Å². The molecule has 1 aliphatic rings. The average molecular weight is 214 g/mol. The van der Waals surface area contributed by atoms with Crippen molar-refractivity contribution in [1.29, 1.82) is 0 Å². The van der Waals surface area contributed by atoms with Gasteiger partial charge in [-0.05, 0) is 45.7 Å². The average Bonchev–Trinajstić information content (AvgIpc) is 2.70. The van der Waals surface area contributed by atoms with Crippen LogP contribution in [0.5, 0.6) is 0 Å². The number of hydrogen-bond acceptors (Lipinski definition) is 3. The highest BCUT2D eigenvalue weighted by Gasteiger charge is 2.22. The van der Waals surface area contributed by atoms with E-state index in [1.807, 2.05) is 0 Å². The third kappa shape index (κ3) is 4.49. The molecular weight excluding hydrogens is 188 g/mol. The minimum Gasteiger partial charge on any atom is -0.396 e. The fourth-order valence-corrected chi connectivity index (χ4v) is 2.38. The molecule has 3 nitrogen and oxygen atoms in total. The third-order valence-electron chi connectivity index (χ3n) is 3.40. The summed E-state index contributed by atoms with van der Waals surface area (Å²) < 4.78 is 0. The first kappa shape index (κ1) is 12.9. The van der Waals surface area contributed by atoms with Gasteiger partial charge in [0.15, 0.2) is 0 Å². The summed E-state index contributed by atoms with van der Waals surface area (Å²) in [6.07, 6.45) is 4.68. The largest absolute Gasteiger partial charge is 0.396 e. The number of aliphatic hydroxyl groups excluding tert-OH is 1. The van der Waals surface area contributed by atoms with Crippen molar-refractivity contribution in [2.24, 2.45) is 0 Å². The third-order valence-corrected chi connectivity index (χ3v) is 3.40. The van der Waals surface area contributed by atoms with E-state index in [0.29, 0.717) is 12.6 Å². The standard InChI is InChI=1S/C12H26N2O/c1-3-14-8-4-7-12(14)10-13-11(2)6-5-9-15/h11-13,15H,3-10H2,1-2H3. The Kier molecular flexibility index (Phi) is 6.22. The molecule has 90 valence electrons. The van der Waals surface area contributed by atoms with Crippen LogP contribution in [0.15, 0.2) is 0 Å². The van der Waals surface area contributed by atoms with Crippen LogP contribution in [0.25, 0.3) is 0 Å². The Balaban J connectivity index is 2.12. The van der Waals surface area contributed by atoms with Crippen molar-refractivity contribution < 1.29 is 5.11 Å². The maximum absolute atomic E-state index is 8.74. The smallest absolute Gasteiger partial charge is 0.0431 e. The lowest BCUT2D eigenvalue weighted by atomic mass is 10.1. The van der Waals surface area contributed by atoms with Crippen LogP contribution in [0.3, 0.4) is 0 Å². The Morgan fingerprint density at radius 3 is 3.00 bits per heavy atom. The van der Waals surface area contributed by atoms with Gasteiger partial charge in [0.2, 0.25) is 0 Å². The van der Waals surface area contributed by atoms with E-state index in [9.17, 15) is 0 Å². The molecule has 1 rings (SSSR count). The van der Waals surface area contributed by atoms with Crippen molar-refractivity contribution in [1.82, 2.24) is 10.2 Å². The van der Waals surface area contributed by atoms with Crippen LogP contribution >= 0.6 is 0 Å². The molecule has 0 amide bonds. The summed E-state index contributed by atoms with van der Waals surface area (Å²) >= 11 is 0. The Morgan fingerprint density at radius 2 is 2.33 bits per heavy atom. The number of likely N-dealkylation sites (N-methyl/N-ethyl adjacent to an activating group) is 1. The monoisotopic (exact) mass is 214 g/mol. The normalized spacial score (nSPS) is 24.6. The molecule has 1 saturated heterocycles. The quantitative estimate of drug-likeness (QED) is 0.669. The summed E-state index contributed by atoms with van der Waals surface area (Å²) in [5.41, 5.74) is 0. The van der Waals surface area contributed by atoms with E-state index >= 15 is 0 Å². The molecule has 0 saturated carbocycles. The number of rotatable bonds is 7. The molecule has 0 spiro atoms. The van der Waals surface area contributed by atoms with Gasteiger partial charge in [0.25, 0.3) is 0 Å². The van der Waals surface area contributed by atoms with Crippen molar-refractivity contribution in [2.75, 3.05) is 26.2 Å². The fourth-order valence-electron chi connectivity index (χ4n) is 2.38. The first-order valence-corrected chi connectivity index (χ1v) is 6.36. The van der Waals surface area contributed by atoms with Crippen LogP contribution in [0.4, 0.5) is 0 Å². The van der Waals surface area contributed by atoms with Gasteiger partial charge < -0.3 is 10.4 Å². The van der Waals surface area contributed by atoms with E-state index in [1.54, 1.807) is 0 Å². The molecule has 3 heteroatoms. The molecule has 2 N–H and O–H groups in total. The highest BCUT2D eigenvalue weighted by atomic mass is 16.2. The maximum Gasteiger partial charge on any atom is 0.0431 e. The summed E-state index contributed by atoms with van der Waals surface area (Å²) in [5.74, 6) is 0. The first-order valence-electron chi connectivity index (χ1n) is 6.36. The second kappa shape index (κ2) is 7.20. The molecule has 0 aromatic heterocycles. The molecule has 0 radical (unpaired) electrons. The van der Waals surface area contributed by atoms with Crippen molar-refractivity contribution >= 4 is 0 Å². The van der Waals surface area contributed by atoms with Gasteiger partial charge in [-0.2, -0.15) is 0 Å². The van der Waals surface area contributed by atoms with E-state index in [2.05, 4.69) is 24.1 Å². The predicted molar refractivity (Wildman–Crippen MR) is 64.1 cm³/mol. The lowest BCUT2D eigenvalue weighted by Gasteiger charge is -2.24. The summed E-state index contributed by atoms with van der Waals surface area (Å²) in [7, 11) is 0. The Bertz CT molecular complexity index is 164. The predicted octanol–water partition coefficient (Wildman–Crippen LogP) is 1.22. The molecule has 2 atom stereocenters. The van der Waals surface area contributed by atoms with E-state index in [4.69, 9.17) is 5.11 Å². The van der Waals surface area contributed by atoms with Gasteiger partial charge in [0.1, 0.15) is 0 Å². The molecular formula is C12H26N2O. The van der Waals surface area contributed by atoms with E-state index in [1.165, 1.54) is 25.9 Å². The van der Waals surface area contributed by atoms with Gasteiger partial charge in [-0.15, -0.1) is 0 Å². The second-order valence-electron chi connectivity index (χ2n) is 4.60. The van der Waals surface area contributed by atoms with Crippen LogP contribution < -0.4 is 5.32 Å². The first-order chi connectivity index (χ1) is 7.27. The van der Waals surface area contributed by atoms with E-state index in [0.717, 1.165) is 25.4 Å². The minimum absolute atomic E-state index is 0.316. The van der Waals surface area contributed by atoms with Crippen LogP contribution in [-0.4, -0.2) is 48.3 Å². The van der Waals surface area contributed by atoms with Gasteiger partial charge in [-0.3, -0.25) is 4.90 Å². The Labute approximate surface area is 93.9 Å². The number of aliphatic hydroxyl groups is 1. The molecule has 0 aromatic carbocycles. The highest BCUT2D eigenvalue weighted by molar-refractivity contribution is 4.80. The van der Waals surface area contributed by atoms with E-state index < -0.39 is 0 Å². The summed E-state index contributed by atoms with van der Waals surface area (Å²) in [5, 5.41) is 12.3. The molecule has 1 fully saturated rings. The van der Waals surface area contributed by atoms with Gasteiger partial charge in [-0.25, -0.2) is 0 Å². The Morgan fingerprint density at radius 1 is 1.53 bits per heavy atom. The molecule has 0 bridgehead atoms. The van der Waals surface area contributed by atoms with Crippen LogP contribution in [0.2, 0.25) is 0 Å². The van der Waals surface area contributed by atoms with Gasteiger partial charge in [0.05, 0.1) is 0 Å². The van der Waals surface area contributed by atoms with Crippen molar-refractivity contribution in [3.05, 3.63) is 0 Å². The van der Waals surface area contributed by atoms with Crippen molar-refractivity contribution in [3.63, 3.8) is 0 Å². The number of likely N-dealkylation sites (tertiary alicyclic amines) is 1. The van der Waals surface area contributed by atoms with Crippen LogP contribution in [0.1, 0.15) is 39.5 Å². The number of hydrogen-bond donors (Lipinski definition) is 2. The number of nitrogens with one attached hydrogen (secondary N) is 1. The topological polar surface area (TPSA) is 35.5 Å². The van der Waals surface area contributed by atoms with Gasteiger partial charge >= 0.3 is 0 Å². The molecule has 1 aliphatic heterocycles. The van der Waals surface area contributed by atoms with Gasteiger partial charge in [-0.1, -0.05) is 6.92 Å². The lowest BCUT2D eigenvalue weighted by Crippen LogP contribution is -2.40. The second-order valence-corrected chi connectivity index (χ2v) is 4.60. The van der Waals surface area contributed by atoms with Crippen LogP contribution in [0, 0.1) is 0 Å². The fraction of sp³-hybridized carbons (Fsp3) is 1.00. The SMILES string of the molecule is CCN1CCCC1CNC(C)CCCO. The summed E-state index contributed by atoms with van der Waals surface area (Å²) in [4.78, 5) is 2.56. The van der Waals surface area contributed by atoms with Crippen molar-refractivity contribution in [3.8, 4) is 0 Å². The molecule has 2 unspecified atom stereocenters. The van der Waals surface area contributed by atoms with Crippen LogP contribution in [-0.2, 0) is 0 Å². The molecule has 0 aliphatic carbocycles. The lowest BCUT2D eigenvalue weighted by molar-refractivity contribution is 0.247. The Hall–Kier alpha value is -0.120.